The van der Waals surface area contributed by atoms with Crippen LogP contribution in [0.25, 0.3) is 0 Å². The molecule has 0 spiro atoms. The van der Waals surface area contributed by atoms with Gasteiger partial charge in [-0.25, -0.2) is 5.01 Å². The van der Waals surface area contributed by atoms with Crippen LogP contribution >= 0.6 is 0 Å². The summed E-state index contributed by atoms with van der Waals surface area (Å²) in [6.07, 6.45) is 1.02. The van der Waals surface area contributed by atoms with Crippen LogP contribution in [0.5, 0.6) is 5.75 Å². The Morgan fingerprint density at radius 1 is 1.18 bits per heavy atom. The first kappa shape index (κ1) is 14.0. The molecule has 0 bridgehead atoms. The summed E-state index contributed by atoms with van der Waals surface area (Å²) >= 11 is 0. The zero-order chi connectivity index (χ0) is 12.5. The molecular formula is C13H22N2O2. The zero-order valence-corrected chi connectivity index (χ0v) is 10.9. The minimum atomic E-state index is 0.792. The number of hydrogen-bond acceptors (Lipinski definition) is 4. The summed E-state index contributed by atoms with van der Waals surface area (Å²) in [7, 11) is 5.35. The van der Waals surface area contributed by atoms with E-state index in [0.717, 1.165) is 31.9 Å². The molecule has 0 saturated carbocycles. The fourth-order valence-electron chi connectivity index (χ4n) is 1.62. The van der Waals surface area contributed by atoms with Crippen molar-refractivity contribution in [2.45, 2.75) is 13.0 Å². The van der Waals surface area contributed by atoms with Crippen LogP contribution in [0.2, 0.25) is 0 Å². The number of nitrogens with zero attached hydrogens (tertiary/aromatic N) is 1. The number of hydrazine groups is 1. The van der Waals surface area contributed by atoms with Crippen LogP contribution in [0.15, 0.2) is 24.3 Å². The normalized spacial score (nSPS) is 10.8. The Morgan fingerprint density at radius 2 is 1.88 bits per heavy atom. The van der Waals surface area contributed by atoms with Gasteiger partial charge in [-0.3, -0.25) is 5.43 Å². The van der Waals surface area contributed by atoms with E-state index in [9.17, 15) is 0 Å². The maximum absolute atomic E-state index is 5.13. The van der Waals surface area contributed by atoms with Gasteiger partial charge in [-0.05, 0) is 31.2 Å². The van der Waals surface area contributed by atoms with Crippen LogP contribution in [0.1, 0.15) is 12.0 Å². The van der Waals surface area contributed by atoms with Crippen molar-refractivity contribution in [3.63, 3.8) is 0 Å². The van der Waals surface area contributed by atoms with Crippen molar-refractivity contribution in [3.8, 4) is 5.75 Å². The SMILES string of the molecule is CNN(CCCOC)Cc1ccc(OC)cc1. The molecule has 17 heavy (non-hydrogen) atoms. The standard InChI is InChI=1S/C13H22N2O2/c1-14-15(9-4-10-16-2)11-12-5-7-13(17-3)8-6-12/h5-8,14H,4,9-11H2,1-3H3. The van der Waals surface area contributed by atoms with Gasteiger partial charge >= 0.3 is 0 Å². The van der Waals surface area contributed by atoms with Gasteiger partial charge in [-0.2, -0.15) is 0 Å². The second-order valence-electron chi connectivity index (χ2n) is 3.84. The molecule has 0 radical (unpaired) electrons. The molecule has 4 nitrogen and oxygen atoms in total. The van der Waals surface area contributed by atoms with Gasteiger partial charge in [0.15, 0.2) is 0 Å². The molecular weight excluding hydrogens is 216 g/mol. The van der Waals surface area contributed by atoms with Crippen molar-refractivity contribution >= 4 is 0 Å². The molecule has 0 saturated heterocycles. The van der Waals surface area contributed by atoms with Gasteiger partial charge in [0.1, 0.15) is 5.75 Å². The van der Waals surface area contributed by atoms with E-state index < -0.39 is 0 Å². The molecule has 0 amide bonds. The maximum atomic E-state index is 5.13. The van der Waals surface area contributed by atoms with Crippen molar-refractivity contribution in [2.75, 3.05) is 34.4 Å². The fraction of sp³-hybridized carbons (Fsp3) is 0.538. The largest absolute Gasteiger partial charge is 0.497 e. The van der Waals surface area contributed by atoms with E-state index in [0.29, 0.717) is 0 Å². The van der Waals surface area contributed by atoms with Crippen LogP contribution in [0.3, 0.4) is 0 Å². The van der Waals surface area contributed by atoms with E-state index in [4.69, 9.17) is 9.47 Å². The summed E-state index contributed by atoms with van der Waals surface area (Å²) in [6, 6.07) is 8.13. The first-order valence-corrected chi connectivity index (χ1v) is 5.84. The zero-order valence-electron chi connectivity index (χ0n) is 10.9. The highest BCUT2D eigenvalue weighted by atomic mass is 16.5. The molecule has 0 aliphatic rings. The molecule has 0 unspecified atom stereocenters. The lowest BCUT2D eigenvalue weighted by Crippen LogP contribution is -2.35. The monoisotopic (exact) mass is 238 g/mol. The van der Waals surface area contributed by atoms with Gasteiger partial charge in [-0.1, -0.05) is 12.1 Å². The third kappa shape index (κ3) is 5.17. The number of ether oxygens (including phenoxy) is 2. The second kappa shape index (κ2) is 8.06. The number of methoxy groups -OCH3 is 2. The van der Waals surface area contributed by atoms with E-state index in [1.54, 1.807) is 14.2 Å². The van der Waals surface area contributed by atoms with Crippen LogP contribution in [-0.4, -0.2) is 39.4 Å². The topological polar surface area (TPSA) is 33.7 Å². The lowest BCUT2D eigenvalue weighted by atomic mass is 10.2. The molecule has 1 aromatic carbocycles. The van der Waals surface area contributed by atoms with Crippen molar-refractivity contribution in [1.82, 2.24) is 10.4 Å². The molecule has 4 heteroatoms. The minimum absolute atomic E-state index is 0.792. The second-order valence-corrected chi connectivity index (χ2v) is 3.84. The van der Waals surface area contributed by atoms with Crippen LogP contribution in [-0.2, 0) is 11.3 Å². The van der Waals surface area contributed by atoms with Gasteiger partial charge in [0.05, 0.1) is 7.11 Å². The Morgan fingerprint density at radius 3 is 2.41 bits per heavy atom. The number of hydrogen-bond donors (Lipinski definition) is 1. The molecule has 0 aliphatic heterocycles. The van der Waals surface area contributed by atoms with Gasteiger partial charge in [0, 0.05) is 26.8 Å². The lowest BCUT2D eigenvalue weighted by molar-refractivity contribution is 0.147. The van der Waals surface area contributed by atoms with E-state index in [1.165, 1.54) is 5.56 Å². The minimum Gasteiger partial charge on any atom is -0.497 e. The van der Waals surface area contributed by atoms with Crippen molar-refractivity contribution in [1.29, 1.82) is 0 Å². The fourth-order valence-corrected chi connectivity index (χ4v) is 1.62. The van der Waals surface area contributed by atoms with Crippen molar-refractivity contribution in [3.05, 3.63) is 29.8 Å². The number of rotatable bonds is 8. The van der Waals surface area contributed by atoms with Gasteiger partial charge in [-0.15, -0.1) is 0 Å². The van der Waals surface area contributed by atoms with Crippen LogP contribution in [0, 0.1) is 0 Å². The Kier molecular flexibility index (Phi) is 6.62. The maximum Gasteiger partial charge on any atom is 0.118 e. The first-order chi connectivity index (χ1) is 8.30. The molecule has 0 aromatic heterocycles. The number of benzene rings is 1. The third-order valence-electron chi connectivity index (χ3n) is 2.63. The summed E-state index contributed by atoms with van der Waals surface area (Å²) in [5.41, 5.74) is 4.45. The molecule has 1 N–H and O–H groups in total. The molecule has 0 atom stereocenters. The molecule has 96 valence electrons. The molecule has 1 aromatic rings. The van der Waals surface area contributed by atoms with Crippen molar-refractivity contribution < 1.29 is 9.47 Å². The smallest absolute Gasteiger partial charge is 0.118 e. The van der Waals surface area contributed by atoms with E-state index >= 15 is 0 Å². The predicted octanol–water partition coefficient (Wildman–Crippen LogP) is 1.67. The summed E-state index contributed by atoms with van der Waals surface area (Å²) < 4.78 is 10.2. The number of nitrogens with one attached hydrogen (secondary N) is 1. The summed E-state index contributed by atoms with van der Waals surface area (Å²) in [6.45, 7) is 2.64. The van der Waals surface area contributed by atoms with Gasteiger partial charge in [0.25, 0.3) is 0 Å². The Bertz CT molecular complexity index is 301. The summed E-state index contributed by atoms with van der Waals surface area (Å²) in [4.78, 5) is 0. The third-order valence-corrected chi connectivity index (χ3v) is 2.63. The lowest BCUT2D eigenvalue weighted by Gasteiger charge is -2.21. The van der Waals surface area contributed by atoms with Gasteiger partial charge < -0.3 is 9.47 Å². The molecule has 1 rings (SSSR count). The van der Waals surface area contributed by atoms with E-state index in [2.05, 4.69) is 22.6 Å². The highest BCUT2D eigenvalue weighted by Crippen LogP contribution is 2.12. The Balaban J connectivity index is 2.43. The molecule has 0 aliphatic carbocycles. The molecule has 0 fully saturated rings. The van der Waals surface area contributed by atoms with Crippen molar-refractivity contribution in [2.24, 2.45) is 0 Å². The average Bonchev–Trinajstić information content (AvgIpc) is 2.38. The Hall–Kier alpha value is -1.10. The summed E-state index contributed by atoms with van der Waals surface area (Å²) in [5.74, 6) is 0.893. The summed E-state index contributed by atoms with van der Waals surface area (Å²) in [5, 5.41) is 2.17. The highest BCUT2D eigenvalue weighted by Gasteiger charge is 2.03. The van der Waals surface area contributed by atoms with Crippen LogP contribution in [0.4, 0.5) is 0 Å². The average molecular weight is 238 g/mol. The predicted molar refractivity (Wildman–Crippen MR) is 69.0 cm³/mol. The van der Waals surface area contributed by atoms with E-state index in [1.807, 2.05) is 19.2 Å². The highest BCUT2D eigenvalue weighted by molar-refractivity contribution is 5.26. The van der Waals surface area contributed by atoms with Crippen LogP contribution < -0.4 is 10.2 Å². The molecule has 0 heterocycles. The van der Waals surface area contributed by atoms with Gasteiger partial charge in [0.2, 0.25) is 0 Å². The van der Waals surface area contributed by atoms with E-state index in [-0.39, 0.29) is 0 Å². The first-order valence-electron chi connectivity index (χ1n) is 5.84. The Labute approximate surface area is 103 Å². The quantitative estimate of drug-likeness (QED) is 0.552.